The molecule has 0 unspecified atom stereocenters. The smallest absolute Gasteiger partial charge is 0.265 e. The minimum Gasteiger partial charge on any atom is -0.475 e. The lowest BCUT2D eigenvalue weighted by molar-refractivity contribution is 0.148. The van der Waals surface area contributed by atoms with Crippen LogP contribution < -0.4 is 5.73 Å². The molecule has 0 atom stereocenters. The lowest BCUT2D eigenvalue weighted by atomic mass is 10.1. The summed E-state index contributed by atoms with van der Waals surface area (Å²) in [5.41, 5.74) is 6.52. The Balaban J connectivity index is 2.50. The fourth-order valence-electron chi connectivity index (χ4n) is 1.92. The van der Waals surface area contributed by atoms with E-state index in [9.17, 15) is 8.78 Å². The quantitative estimate of drug-likeness (QED) is 0.683. The molecular formula is C13H16F2N2OS. The molecule has 1 heterocycles. The van der Waals surface area contributed by atoms with Crippen LogP contribution in [0, 0.1) is 0 Å². The van der Waals surface area contributed by atoms with Gasteiger partial charge in [-0.15, -0.1) is 11.8 Å². The molecule has 3 nitrogen and oxygen atoms in total. The Morgan fingerprint density at radius 2 is 2.11 bits per heavy atom. The van der Waals surface area contributed by atoms with Crippen LogP contribution in [0.4, 0.5) is 14.5 Å². The molecule has 6 heteroatoms. The maximum Gasteiger partial charge on any atom is 0.265 e. The lowest BCUT2D eigenvalue weighted by Gasteiger charge is -2.13. The molecule has 0 saturated carbocycles. The van der Waals surface area contributed by atoms with Gasteiger partial charge in [0.2, 0.25) is 5.90 Å². The van der Waals surface area contributed by atoms with Crippen molar-refractivity contribution in [1.82, 2.24) is 0 Å². The molecule has 0 spiro atoms. The maximum atomic E-state index is 12.9. The van der Waals surface area contributed by atoms with E-state index in [1.54, 1.807) is 12.3 Å². The largest absolute Gasteiger partial charge is 0.475 e. The molecule has 1 aliphatic rings. The van der Waals surface area contributed by atoms with E-state index in [1.807, 2.05) is 13.8 Å². The van der Waals surface area contributed by atoms with Gasteiger partial charge in [-0.2, -0.15) is 0 Å². The number of anilines is 1. The molecule has 0 bridgehead atoms. The van der Waals surface area contributed by atoms with Crippen molar-refractivity contribution in [2.24, 2.45) is 4.99 Å². The average molecular weight is 286 g/mol. The summed E-state index contributed by atoms with van der Waals surface area (Å²) in [6.07, 6.45) is -0.815. The molecule has 0 amide bonds. The topological polar surface area (TPSA) is 47.6 Å². The van der Waals surface area contributed by atoms with Crippen molar-refractivity contribution in [1.29, 1.82) is 0 Å². The molecule has 2 rings (SSSR count). The van der Waals surface area contributed by atoms with Gasteiger partial charge >= 0.3 is 0 Å². The second-order valence-corrected chi connectivity index (χ2v) is 5.78. The number of hydrogen-bond donors (Lipinski definition) is 1. The molecule has 0 radical (unpaired) electrons. The second kappa shape index (κ2) is 5.00. The molecule has 2 N–H and O–H groups in total. The zero-order chi connectivity index (χ0) is 14.2. The van der Waals surface area contributed by atoms with Crippen LogP contribution in [0.5, 0.6) is 0 Å². The first-order chi connectivity index (χ1) is 8.85. The normalized spacial score (nSPS) is 17.5. The summed E-state index contributed by atoms with van der Waals surface area (Å²) in [6, 6.07) is 2.94. The average Bonchev–Trinajstić information content (AvgIpc) is 2.68. The first-order valence-corrected chi connectivity index (χ1v) is 7.06. The van der Waals surface area contributed by atoms with Crippen LogP contribution in [-0.4, -0.2) is 24.3 Å². The highest BCUT2D eigenvalue weighted by atomic mass is 32.2. The van der Waals surface area contributed by atoms with Gasteiger partial charge in [-0.3, -0.25) is 0 Å². The van der Waals surface area contributed by atoms with E-state index in [0.29, 0.717) is 28.7 Å². The third-order valence-electron chi connectivity index (χ3n) is 2.86. The monoisotopic (exact) mass is 286 g/mol. The number of nitrogens with two attached hydrogens (primary N) is 1. The first kappa shape index (κ1) is 14.1. The maximum absolute atomic E-state index is 12.9. The van der Waals surface area contributed by atoms with Crippen LogP contribution in [0.1, 0.15) is 31.4 Å². The van der Waals surface area contributed by atoms with Gasteiger partial charge in [0.15, 0.2) is 0 Å². The fraction of sp³-hybridized carbons (Fsp3) is 0.462. The van der Waals surface area contributed by atoms with E-state index in [0.717, 1.165) is 0 Å². The van der Waals surface area contributed by atoms with Gasteiger partial charge in [0.1, 0.15) is 6.61 Å². The summed E-state index contributed by atoms with van der Waals surface area (Å²) < 4.78 is 31.3. The molecular weight excluding hydrogens is 270 g/mol. The summed E-state index contributed by atoms with van der Waals surface area (Å²) in [5, 5.41) is 0. The third-order valence-corrected chi connectivity index (χ3v) is 3.73. The standard InChI is InChI=1S/C13H16F2N2OS/c1-13(2)6-18-12(17-13)7-4-5-8(11(14)15)10(19-3)9(7)16/h4-5,11H,6,16H2,1-3H3. The lowest BCUT2D eigenvalue weighted by Crippen LogP contribution is -2.17. The molecule has 1 aromatic carbocycles. The molecule has 0 aromatic heterocycles. The third kappa shape index (κ3) is 2.68. The van der Waals surface area contributed by atoms with E-state index in [-0.39, 0.29) is 11.1 Å². The SMILES string of the molecule is CSc1c(C(F)F)ccc(C2=NC(C)(C)CO2)c1N. The number of halogens is 2. The van der Waals surface area contributed by atoms with Crippen molar-refractivity contribution >= 4 is 23.3 Å². The Kier molecular flexibility index (Phi) is 3.71. The van der Waals surface area contributed by atoms with Crippen LogP contribution in [0.2, 0.25) is 0 Å². The van der Waals surface area contributed by atoms with Gasteiger partial charge < -0.3 is 10.5 Å². The Hall–Kier alpha value is -1.30. The van der Waals surface area contributed by atoms with Gasteiger partial charge in [-0.1, -0.05) is 6.07 Å². The van der Waals surface area contributed by atoms with Gasteiger partial charge in [-0.25, -0.2) is 13.8 Å². The summed E-state index contributed by atoms with van der Waals surface area (Å²) in [4.78, 5) is 4.81. The zero-order valence-corrected chi connectivity index (χ0v) is 11.9. The van der Waals surface area contributed by atoms with Crippen molar-refractivity contribution in [2.45, 2.75) is 30.7 Å². The predicted octanol–water partition coefficient (Wildman–Crippen LogP) is 3.48. The number of alkyl halides is 2. The van der Waals surface area contributed by atoms with Crippen molar-refractivity contribution in [3.05, 3.63) is 23.3 Å². The van der Waals surface area contributed by atoms with E-state index >= 15 is 0 Å². The predicted molar refractivity (Wildman–Crippen MR) is 74.2 cm³/mol. The van der Waals surface area contributed by atoms with Crippen LogP contribution in [0.3, 0.4) is 0 Å². The molecule has 0 saturated heterocycles. The fourth-order valence-corrected chi connectivity index (χ4v) is 2.65. The van der Waals surface area contributed by atoms with E-state index in [2.05, 4.69) is 4.99 Å². The highest BCUT2D eigenvalue weighted by molar-refractivity contribution is 7.98. The summed E-state index contributed by atoms with van der Waals surface area (Å²) in [7, 11) is 0. The molecule has 19 heavy (non-hydrogen) atoms. The van der Waals surface area contributed by atoms with Gasteiger partial charge in [-0.05, 0) is 26.2 Å². The highest BCUT2D eigenvalue weighted by Gasteiger charge is 2.29. The van der Waals surface area contributed by atoms with Gasteiger partial charge in [0, 0.05) is 10.5 Å². The minimum absolute atomic E-state index is 0.0494. The van der Waals surface area contributed by atoms with Crippen molar-refractivity contribution in [2.75, 3.05) is 18.6 Å². The summed E-state index contributed by atoms with van der Waals surface area (Å²) in [5.74, 6) is 0.429. The first-order valence-electron chi connectivity index (χ1n) is 5.83. The number of rotatable bonds is 3. The zero-order valence-electron chi connectivity index (χ0n) is 11.0. The van der Waals surface area contributed by atoms with Crippen molar-refractivity contribution < 1.29 is 13.5 Å². The number of ether oxygens (including phenoxy) is 1. The number of benzene rings is 1. The number of nitrogens with zero attached hydrogens (tertiary/aromatic N) is 1. The van der Waals surface area contributed by atoms with Gasteiger partial charge in [0.25, 0.3) is 6.43 Å². The van der Waals surface area contributed by atoms with Crippen LogP contribution in [0.25, 0.3) is 0 Å². The Morgan fingerprint density at radius 3 is 2.58 bits per heavy atom. The molecule has 0 aliphatic carbocycles. The number of nitrogen functional groups attached to an aromatic ring is 1. The van der Waals surface area contributed by atoms with E-state index in [1.165, 1.54) is 17.8 Å². The Morgan fingerprint density at radius 1 is 1.42 bits per heavy atom. The summed E-state index contributed by atoms with van der Waals surface area (Å²) in [6.45, 7) is 4.35. The highest BCUT2D eigenvalue weighted by Crippen LogP contribution is 2.37. The number of hydrogen-bond acceptors (Lipinski definition) is 4. The molecule has 1 aromatic rings. The van der Waals surface area contributed by atoms with Gasteiger partial charge in [0.05, 0.1) is 16.8 Å². The molecule has 1 aliphatic heterocycles. The Bertz CT molecular complexity index is 530. The van der Waals surface area contributed by atoms with E-state index in [4.69, 9.17) is 10.5 Å². The Labute approximate surface area is 115 Å². The number of thioether (sulfide) groups is 1. The van der Waals surface area contributed by atoms with Crippen molar-refractivity contribution in [3.63, 3.8) is 0 Å². The molecule has 104 valence electrons. The molecule has 0 fully saturated rings. The van der Waals surface area contributed by atoms with Crippen LogP contribution in [-0.2, 0) is 4.74 Å². The van der Waals surface area contributed by atoms with Crippen LogP contribution >= 0.6 is 11.8 Å². The minimum atomic E-state index is -2.54. The summed E-state index contributed by atoms with van der Waals surface area (Å²) >= 11 is 1.21. The van der Waals surface area contributed by atoms with Crippen LogP contribution in [0.15, 0.2) is 22.0 Å². The number of aliphatic imine (C=N–C) groups is 1. The van der Waals surface area contributed by atoms with E-state index < -0.39 is 6.43 Å². The second-order valence-electron chi connectivity index (χ2n) is 4.97. The van der Waals surface area contributed by atoms with Crippen molar-refractivity contribution in [3.8, 4) is 0 Å².